The fourth-order valence-electron chi connectivity index (χ4n) is 1.31. The predicted molar refractivity (Wildman–Crippen MR) is 73.8 cm³/mol. The summed E-state index contributed by atoms with van der Waals surface area (Å²) >= 11 is 4.98. The van der Waals surface area contributed by atoms with Crippen LogP contribution in [-0.2, 0) is 4.79 Å². The lowest BCUT2D eigenvalue weighted by molar-refractivity contribution is -0.136. The van der Waals surface area contributed by atoms with E-state index < -0.39 is 5.97 Å². The summed E-state index contributed by atoms with van der Waals surface area (Å²) in [6.07, 6.45) is 0.0568. The summed E-state index contributed by atoms with van der Waals surface area (Å²) in [5.74, 6) is -0.258. The molecule has 2 heterocycles. The maximum Gasteiger partial charge on any atom is 0.305 e. The van der Waals surface area contributed by atoms with Crippen molar-refractivity contribution in [1.29, 1.82) is 0 Å². The highest BCUT2D eigenvalue weighted by molar-refractivity contribution is 9.11. The van der Waals surface area contributed by atoms with Gasteiger partial charge in [-0.3, -0.25) is 4.79 Å². The van der Waals surface area contributed by atoms with Crippen LogP contribution < -0.4 is 5.32 Å². The van der Waals surface area contributed by atoms with Crippen molar-refractivity contribution >= 4 is 39.1 Å². The highest BCUT2D eigenvalue weighted by atomic mass is 79.9. The maximum atomic E-state index is 10.4. The fourth-order valence-corrected chi connectivity index (χ4v) is 2.66. The van der Waals surface area contributed by atoms with Crippen LogP contribution in [0.2, 0.25) is 0 Å². The van der Waals surface area contributed by atoms with E-state index in [0.29, 0.717) is 12.4 Å². The molecule has 2 N–H and O–H groups in total. The van der Waals surface area contributed by atoms with Crippen molar-refractivity contribution < 1.29 is 9.90 Å². The van der Waals surface area contributed by atoms with Gasteiger partial charge in [0.1, 0.15) is 11.5 Å². The van der Waals surface area contributed by atoms with E-state index in [4.69, 9.17) is 5.11 Å². The first-order valence-corrected chi connectivity index (χ1v) is 6.81. The molecule has 0 aliphatic heterocycles. The van der Waals surface area contributed by atoms with Crippen molar-refractivity contribution in [3.8, 4) is 10.6 Å². The number of nitrogens with one attached hydrogen (secondary N) is 1. The molecule has 7 heteroatoms. The summed E-state index contributed by atoms with van der Waals surface area (Å²) in [7, 11) is 0. The Kier molecular flexibility index (Phi) is 4.27. The Bertz CT molecular complexity index is 541. The normalized spacial score (nSPS) is 10.3. The first-order valence-electron chi connectivity index (χ1n) is 5.20. The molecule has 0 saturated carbocycles. The number of aromatic nitrogens is 2. The van der Waals surface area contributed by atoms with E-state index >= 15 is 0 Å². The van der Waals surface area contributed by atoms with Crippen LogP contribution in [0.25, 0.3) is 10.6 Å². The highest BCUT2D eigenvalue weighted by Crippen LogP contribution is 2.29. The van der Waals surface area contributed by atoms with Crippen molar-refractivity contribution in [1.82, 2.24) is 10.2 Å². The Hall–Kier alpha value is -1.47. The minimum atomic E-state index is -0.837. The summed E-state index contributed by atoms with van der Waals surface area (Å²) in [6, 6.07) is 7.57. The van der Waals surface area contributed by atoms with Crippen LogP contribution in [0.4, 0.5) is 5.82 Å². The number of halogens is 1. The molecule has 0 aliphatic carbocycles. The Morgan fingerprint density at radius 3 is 2.72 bits per heavy atom. The van der Waals surface area contributed by atoms with E-state index in [1.54, 1.807) is 17.4 Å². The number of rotatable bonds is 5. The largest absolute Gasteiger partial charge is 0.481 e. The summed E-state index contributed by atoms with van der Waals surface area (Å²) < 4.78 is 1.04. The van der Waals surface area contributed by atoms with Gasteiger partial charge in [0.25, 0.3) is 0 Å². The number of thiophene rings is 1. The molecule has 0 radical (unpaired) electrons. The summed E-state index contributed by atoms with van der Waals surface area (Å²) in [5.41, 5.74) is 0.800. The predicted octanol–water partition coefficient (Wildman–Crippen LogP) is 2.85. The summed E-state index contributed by atoms with van der Waals surface area (Å²) in [4.78, 5) is 11.4. The first kappa shape index (κ1) is 13.0. The smallest absolute Gasteiger partial charge is 0.305 e. The van der Waals surface area contributed by atoms with E-state index in [0.717, 1.165) is 14.4 Å². The van der Waals surface area contributed by atoms with Crippen molar-refractivity contribution in [2.24, 2.45) is 0 Å². The molecule has 0 spiro atoms. The average molecular weight is 328 g/mol. The van der Waals surface area contributed by atoms with Gasteiger partial charge in [-0.05, 0) is 40.2 Å². The number of anilines is 1. The Balaban J connectivity index is 1.99. The molecule has 0 aliphatic rings. The summed E-state index contributed by atoms with van der Waals surface area (Å²) in [5, 5.41) is 19.5. The van der Waals surface area contributed by atoms with Gasteiger partial charge in [-0.25, -0.2) is 0 Å². The SMILES string of the molecule is O=C(O)CCNc1ccc(-c2ccc(Br)s2)nn1. The third kappa shape index (κ3) is 3.51. The molecule has 0 unspecified atom stereocenters. The molecule has 0 amide bonds. The van der Waals surface area contributed by atoms with Crippen molar-refractivity contribution in [3.05, 3.63) is 28.1 Å². The van der Waals surface area contributed by atoms with Crippen molar-refractivity contribution in [2.45, 2.75) is 6.42 Å². The van der Waals surface area contributed by atoms with Gasteiger partial charge in [-0.1, -0.05) is 0 Å². The van der Waals surface area contributed by atoms with E-state index in [9.17, 15) is 4.79 Å². The van der Waals surface area contributed by atoms with Crippen molar-refractivity contribution in [3.63, 3.8) is 0 Å². The third-order valence-electron chi connectivity index (χ3n) is 2.14. The van der Waals surface area contributed by atoms with Crippen LogP contribution in [0.3, 0.4) is 0 Å². The minimum absolute atomic E-state index is 0.0568. The van der Waals surface area contributed by atoms with E-state index in [1.165, 1.54) is 0 Å². The van der Waals surface area contributed by atoms with E-state index in [2.05, 4.69) is 31.4 Å². The fraction of sp³-hybridized carbons (Fsp3) is 0.182. The molecule has 2 rings (SSSR count). The minimum Gasteiger partial charge on any atom is -0.481 e. The van der Waals surface area contributed by atoms with Gasteiger partial charge in [0, 0.05) is 6.54 Å². The molecule has 5 nitrogen and oxygen atoms in total. The number of hydrogen-bond acceptors (Lipinski definition) is 5. The number of hydrogen-bond donors (Lipinski definition) is 2. The van der Waals surface area contributed by atoms with Gasteiger partial charge in [0.2, 0.25) is 0 Å². The second kappa shape index (κ2) is 5.92. The zero-order valence-electron chi connectivity index (χ0n) is 9.26. The molecule has 0 bridgehead atoms. The number of aliphatic carboxylic acids is 1. The molecule has 2 aromatic heterocycles. The van der Waals surface area contributed by atoms with Crippen LogP contribution in [0, 0.1) is 0 Å². The lowest BCUT2D eigenvalue weighted by Gasteiger charge is -2.03. The molecular formula is C11H10BrN3O2S. The molecule has 94 valence electrons. The number of nitrogens with zero attached hydrogens (tertiary/aromatic N) is 2. The third-order valence-corrected chi connectivity index (χ3v) is 3.78. The molecule has 18 heavy (non-hydrogen) atoms. The van der Waals surface area contributed by atoms with Crippen LogP contribution in [0.5, 0.6) is 0 Å². The van der Waals surface area contributed by atoms with Gasteiger partial charge in [0.15, 0.2) is 0 Å². The summed E-state index contributed by atoms with van der Waals surface area (Å²) in [6.45, 7) is 0.341. The zero-order chi connectivity index (χ0) is 13.0. The number of carbonyl (C=O) groups is 1. The molecule has 0 saturated heterocycles. The quantitative estimate of drug-likeness (QED) is 0.883. The Labute approximate surface area is 116 Å². The monoisotopic (exact) mass is 327 g/mol. The standard InChI is InChI=1S/C11H10BrN3O2S/c12-9-3-2-8(18-9)7-1-4-10(15-14-7)13-6-5-11(16)17/h1-4H,5-6H2,(H,13,15)(H,16,17). The lowest BCUT2D eigenvalue weighted by Crippen LogP contribution is -2.08. The zero-order valence-corrected chi connectivity index (χ0v) is 11.7. The molecule has 0 aromatic carbocycles. The number of carboxylic acids is 1. The van der Waals surface area contributed by atoms with Gasteiger partial charge >= 0.3 is 5.97 Å². The second-order valence-corrected chi connectivity index (χ2v) is 5.94. The van der Waals surface area contributed by atoms with Crippen LogP contribution in [0.1, 0.15) is 6.42 Å². The molecule has 2 aromatic rings. The molecular weight excluding hydrogens is 318 g/mol. The molecule has 0 atom stereocenters. The van der Waals surface area contributed by atoms with Gasteiger partial charge in [0.05, 0.1) is 15.1 Å². The Morgan fingerprint density at radius 2 is 2.17 bits per heavy atom. The van der Waals surface area contributed by atoms with E-state index in [1.807, 2.05) is 18.2 Å². The van der Waals surface area contributed by atoms with Gasteiger partial charge in [-0.15, -0.1) is 21.5 Å². The van der Waals surface area contributed by atoms with Gasteiger partial charge in [-0.2, -0.15) is 0 Å². The second-order valence-electron chi connectivity index (χ2n) is 3.48. The maximum absolute atomic E-state index is 10.4. The Morgan fingerprint density at radius 1 is 1.33 bits per heavy atom. The van der Waals surface area contributed by atoms with Crippen molar-refractivity contribution in [2.75, 3.05) is 11.9 Å². The molecule has 0 fully saturated rings. The average Bonchev–Trinajstić information content (AvgIpc) is 2.76. The van der Waals surface area contributed by atoms with Crippen LogP contribution in [0.15, 0.2) is 28.1 Å². The van der Waals surface area contributed by atoms with Crippen LogP contribution in [-0.4, -0.2) is 27.8 Å². The topological polar surface area (TPSA) is 75.1 Å². The number of carboxylic acid groups (broad SMARTS) is 1. The van der Waals surface area contributed by atoms with E-state index in [-0.39, 0.29) is 6.42 Å². The van der Waals surface area contributed by atoms with Crippen LogP contribution >= 0.6 is 27.3 Å². The van der Waals surface area contributed by atoms with Gasteiger partial charge < -0.3 is 10.4 Å². The highest BCUT2D eigenvalue weighted by Gasteiger charge is 2.04. The first-order chi connectivity index (χ1) is 8.65. The lowest BCUT2D eigenvalue weighted by atomic mass is 10.3.